The number of carbonyl (C=O) groups excluding carboxylic acids is 1. The second-order valence-electron chi connectivity index (χ2n) is 5.13. The number of benzene rings is 1. The maximum absolute atomic E-state index is 12.3. The Kier molecular flexibility index (Phi) is 4.47. The maximum atomic E-state index is 12.3. The van der Waals surface area contributed by atoms with Crippen molar-refractivity contribution >= 4 is 27.6 Å². The Hall–Kier alpha value is -1.07. The second-order valence-corrected chi connectivity index (χ2v) is 5.99. The van der Waals surface area contributed by atoms with E-state index in [2.05, 4.69) is 21.2 Å². The summed E-state index contributed by atoms with van der Waals surface area (Å²) in [6, 6.07) is 6.13. The van der Waals surface area contributed by atoms with E-state index in [9.17, 15) is 4.79 Å². The summed E-state index contributed by atoms with van der Waals surface area (Å²) < 4.78 is 1.04. The summed E-state index contributed by atoms with van der Waals surface area (Å²) in [6.45, 7) is 4.53. The number of urea groups is 1. The van der Waals surface area contributed by atoms with Crippen LogP contribution in [0.15, 0.2) is 22.7 Å². The number of halogens is 1. The van der Waals surface area contributed by atoms with Gasteiger partial charge < -0.3 is 10.2 Å². The molecular formula is C14H20BrN3O. The molecule has 19 heavy (non-hydrogen) atoms. The van der Waals surface area contributed by atoms with Crippen LogP contribution < -0.4 is 10.2 Å². The van der Waals surface area contributed by atoms with Gasteiger partial charge in [0.05, 0.1) is 0 Å². The third-order valence-electron chi connectivity index (χ3n) is 3.49. The predicted octanol–water partition coefficient (Wildman–Crippen LogP) is 2.46. The predicted molar refractivity (Wildman–Crippen MR) is 81.7 cm³/mol. The number of hydrogen-bond acceptors (Lipinski definition) is 2. The molecule has 2 amide bonds. The number of hydrogen-bond donors (Lipinski definition) is 1. The van der Waals surface area contributed by atoms with E-state index in [1.54, 1.807) is 4.90 Å². The molecule has 1 aromatic carbocycles. The fourth-order valence-corrected chi connectivity index (χ4v) is 2.82. The summed E-state index contributed by atoms with van der Waals surface area (Å²) in [4.78, 5) is 15.9. The molecule has 0 aliphatic carbocycles. The quantitative estimate of drug-likeness (QED) is 0.926. The van der Waals surface area contributed by atoms with Gasteiger partial charge in [-0.3, -0.25) is 4.90 Å². The molecule has 1 saturated heterocycles. The van der Waals surface area contributed by atoms with Crippen LogP contribution in [-0.2, 0) is 0 Å². The third kappa shape index (κ3) is 3.09. The fraction of sp³-hybridized carbons (Fsp3) is 0.500. The monoisotopic (exact) mass is 325 g/mol. The second kappa shape index (κ2) is 5.92. The van der Waals surface area contributed by atoms with Gasteiger partial charge in [-0.25, -0.2) is 4.79 Å². The van der Waals surface area contributed by atoms with Crippen molar-refractivity contribution in [1.29, 1.82) is 0 Å². The molecular weight excluding hydrogens is 306 g/mol. The van der Waals surface area contributed by atoms with Crippen LogP contribution in [0.4, 0.5) is 10.5 Å². The van der Waals surface area contributed by atoms with Crippen LogP contribution in [0.3, 0.4) is 0 Å². The van der Waals surface area contributed by atoms with Gasteiger partial charge >= 0.3 is 6.03 Å². The zero-order chi connectivity index (χ0) is 14.0. The van der Waals surface area contributed by atoms with Gasteiger partial charge in [0.15, 0.2) is 0 Å². The third-order valence-corrected chi connectivity index (χ3v) is 4.34. The van der Waals surface area contributed by atoms with Gasteiger partial charge in [0.2, 0.25) is 0 Å². The highest BCUT2D eigenvalue weighted by Crippen LogP contribution is 2.26. The van der Waals surface area contributed by atoms with Crippen molar-refractivity contribution in [3.05, 3.63) is 28.2 Å². The van der Waals surface area contributed by atoms with Crippen LogP contribution in [0.5, 0.6) is 0 Å². The fourth-order valence-electron chi connectivity index (χ4n) is 2.45. The molecule has 1 fully saturated rings. The Morgan fingerprint density at radius 3 is 2.79 bits per heavy atom. The summed E-state index contributed by atoms with van der Waals surface area (Å²) >= 11 is 3.53. The number of rotatable bonds is 3. The smallest absolute Gasteiger partial charge is 0.324 e. The molecule has 1 N–H and O–H groups in total. The van der Waals surface area contributed by atoms with Crippen LogP contribution in [0, 0.1) is 12.8 Å². The Morgan fingerprint density at radius 1 is 1.42 bits per heavy atom. The minimum atomic E-state index is 0.0723. The van der Waals surface area contributed by atoms with Gasteiger partial charge in [-0.2, -0.15) is 0 Å². The molecule has 4 nitrogen and oxygen atoms in total. The number of amides is 2. The van der Waals surface area contributed by atoms with Crippen molar-refractivity contribution in [2.75, 3.05) is 38.6 Å². The van der Waals surface area contributed by atoms with E-state index < -0.39 is 0 Å². The number of nitrogens with one attached hydrogen (secondary N) is 1. The molecule has 1 heterocycles. The lowest BCUT2D eigenvalue weighted by atomic mass is 10.1. The SMILES string of the molecule is CNCC1CN(C)C(=O)N(c2ccc(C)c(Br)c2)C1. The lowest BCUT2D eigenvalue weighted by molar-refractivity contribution is 0.192. The van der Waals surface area contributed by atoms with E-state index in [0.29, 0.717) is 5.92 Å². The Morgan fingerprint density at radius 2 is 2.16 bits per heavy atom. The van der Waals surface area contributed by atoms with Crippen molar-refractivity contribution in [3.8, 4) is 0 Å². The Balaban J connectivity index is 2.24. The van der Waals surface area contributed by atoms with Gasteiger partial charge in [0.1, 0.15) is 0 Å². The number of nitrogens with zero attached hydrogens (tertiary/aromatic N) is 2. The van der Waals surface area contributed by atoms with Crippen molar-refractivity contribution in [2.24, 2.45) is 5.92 Å². The average Bonchev–Trinajstić information content (AvgIpc) is 2.37. The van der Waals surface area contributed by atoms with Crippen LogP contribution in [0.2, 0.25) is 0 Å². The number of anilines is 1. The zero-order valence-corrected chi connectivity index (χ0v) is 13.2. The summed E-state index contributed by atoms with van der Waals surface area (Å²) in [6.07, 6.45) is 0. The van der Waals surface area contributed by atoms with Gasteiger partial charge in [0.25, 0.3) is 0 Å². The van der Waals surface area contributed by atoms with Crippen molar-refractivity contribution < 1.29 is 4.79 Å². The van der Waals surface area contributed by atoms with E-state index in [0.717, 1.165) is 29.8 Å². The molecule has 0 radical (unpaired) electrons. The van der Waals surface area contributed by atoms with Crippen LogP contribution >= 0.6 is 15.9 Å². The maximum Gasteiger partial charge on any atom is 0.324 e. The van der Waals surface area contributed by atoms with E-state index in [1.807, 2.05) is 44.1 Å². The van der Waals surface area contributed by atoms with Crippen molar-refractivity contribution in [1.82, 2.24) is 10.2 Å². The highest BCUT2D eigenvalue weighted by molar-refractivity contribution is 9.10. The van der Waals surface area contributed by atoms with E-state index in [4.69, 9.17) is 0 Å². The molecule has 1 aliphatic heterocycles. The summed E-state index contributed by atoms with van der Waals surface area (Å²) in [5.74, 6) is 0.452. The zero-order valence-electron chi connectivity index (χ0n) is 11.6. The normalized spacial score (nSPS) is 20.0. The molecule has 0 spiro atoms. The first-order chi connectivity index (χ1) is 9.02. The molecule has 0 aromatic heterocycles. The van der Waals surface area contributed by atoms with E-state index >= 15 is 0 Å². The lowest BCUT2D eigenvalue weighted by Crippen LogP contribution is -2.53. The largest absolute Gasteiger partial charge is 0.327 e. The van der Waals surface area contributed by atoms with Crippen LogP contribution in [0.1, 0.15) is 5.56 Å². The van der Waals surface area contributed by atoms with Gasteiger partial charge in [-0.15, -0.1) is 0 Å². The lowest BCUT2D eigenvalue weighted by Gasteiger charge is -2.38. The first-order valence-corrected chi connectivity index (χ1v) is 7.25. The topological polar surface area (TPSA) is 35.6 Å². The molecule has 1 aromatic rings. The van der Waals surface area contributed by atoms with Crippen molar-refractivity contribution in [2.45, 2.75) is 6.92 Å². The van der Waals surface area contributed by atoms with E-state index in [1.165, 1.54) is 5.56 Å². The molecule has 0 bridgehead atoms. The van der Waals surface area contributed by atoms with Gasteiger partial charge in [0, 0.05) is 42.8 Å². The first kappa shape index (κ1) is 14.3. The number of carbonyl (C=O) groups is 1. The Labute approximate surface area is 122 Å². The first-order valence-electron chi connectivity index (χ1n) is 6.46. The van der Waals surface area contributed by atoms with Crippen LogP contribution in [0.25, 0.3) is 0 Å². The highest BCUT2D eigenvalue weighted by Gasteiger charge is 2.30. The van der Waals surface area contributed by atoms with Crippen LogP contribution in [-0.4, -0.2) is 44.7 Å². The highest BCUT2D eigenvalue weighted by atomic mass is 79.9. The average molecular weight is 326 g/mol. The Bertz CT molecular complexity index is 478. The standard InChI is InChI=1S/C14H20BrN3O/c1-10-4-5-12(6-13(10)15)18-9-11(7-16-2)8-17(3)14(18)19/h4-6,11,16H,7-9H2,1-3H3. The molecule has 0 saturated carbocycles. The molecule has 104 valence electrons. The van der Waals surface area contributed by atoms with E-state index in [-0.39, 0.29) is 6.03 Å². The molecule has 2 rings (SSSR count). The minimum Gasteiger partial charge on any atom is -0.327 e. The summed E-state index contributed by atoms with van der Waals surface area (Å²) in [7, 11) is 3.81. The number of aryl methyl sites for hydroxylation is 1. The molecule has 1 aliphatic rings. The van der Waals surface area contributed by atoms with Gasteiger partial charge in [-0.1, -0.05) is 22.0 Å². The molecule has 1 atom stereocenters. The minimum absolute atomic E-state index is 0.0723. The van der Waals surface area contributed by atoms with Crippen molar-refractivity contribution in [3.63, 3.8) is 0 Å². The summed E-state index contributed by atoms with van der Waals surface area (Å²) in [5, 5.41) is 3.19. The summed E-state index contributed by atoms with van der Waals surface area (Å²) in [5.41, 5.74) is 2.13. The molecule has 5 heteroatoms. The molecule has 1 unspecified atom stereocenters. The van der Waals surface area contributed by atoms with Gasteiger partial charge in [-0.05, 0) is 31.7 Å².